The normalized spacial score (nSPS) is 16.8. The Bertz CT molecular complexity index is 1360. The Kier molecular flexibility index (Phi) is 6.37. The number of rotatable bonds is 6. The third-order valence-electron chi connectivity index (χ3n) is 6.36. The van der Waals surface area contributed by atoms with Crippen LogP contribution in [0.15, 0.2) is 53.4 Å². The van der Waals surface area contributed by atoms with E-state index >= 15 is 0 Å². The molecule has 2 aliphatic heterocycles. The van der Waals surface area contributed by atoms with E-state index in [1.165, 1.54) is 12.7 Å². The summed E-state index contributed by atoms with van der Waals surface area (Å²) in [5.41, 5.74) is 3.24. The lowest BCUT2D eigenvalue weighted by Crippen LogP contribution is -2.46. The Hall–Kier alpha value is -3.17. The third-order valence-corrected chi connectivity index (χ3v) is 8.49. The second kappa shape index (κ2) is 9.47. The molecule has 1 fully saturated rings. The highest BCUT2D eigenvalue weighted by molar-refractivity contribution is 7.91. The van der Waals surface area contributed by atoms with Gasteiger partial charge in [-0.1, -0.05) is 35.9 Å². The molecule has 1 N–H and O–H groups in total. The topological polar surface area (TPSA) is 101 Å². The van der Waals surface area contributed by atoms with E-state index in [-0.39, 0.29) is 23.0 Å². The molecule has 5 rings (SSSR count). The Morgan fingerprint density at radius 2 is 1.83 bits per heavy atom. The molecule has 0 spiro atoms. The van der Waals surface area contributed by atoms with E-state index in [2.05, 4.69) is 20.2 Å². The molecule has 8 nitrogen and oxygen atoms in total. The number of fused-ring (bicyclic) bond motifs is 1. The van der Waals surface area contributed by atoms with Crippen molar-refractivity contribution in [2.24, 2.45) is 0 Å². The molecule has 0 bridgehead atoms. The van der Waals surface area contributed by atoms with Crippen LogP contribution in [0.5, 0.6) is 0 Å². The van der Waals surface area contributed by atoms with Gasteiger partial charge in [-0.05, 0) is 48.2 Å². The molecule has 3 aromatic rings. The zero-order valence-electron chi connectivity index (χ0n) is 19.2. The monoisotopic (exact) mass is 512 g/mol. The van der Waals surface area contributed by atoms with Gasteiger partial charge in [-0.15, -0.1) is 0 Å². The molecule has 0 aliphatic carbocycles. The van der Waals surface area contributed by atoms with E-state index in [9.17, 15) is 13.2 Å². The van der Waals surface area contributed by atoms with Crippen LogP contribution in [0.2, 0.25) is 5.02 Å². The summed E-state index contributed by atoms with van der Waals surface area (Å²) in [4.78, 5) is 23.1. The number of halogens is 1. The molecule has 10 heteroatoms. The van der Waals surface area contributed by atoms with E-state index in [0.717, 1.165) is 18.7 Å². The van der Waals surface area contributed by atoms with E-state index in [4.69, 9.17) is 16.3 Å². The molecule has 3 heterocycles. The summed E-state index contributed by atoms with van der Waals surface area (Å²) in [6, 6.07) is 15.0. The van der Waals surface area contributed by atoms with Gasteiger partial charge in [-0.3, -0.25) is 4.79 Å². The fourth-order valence-corrected chi connectivity index (χ4v) is 6.16. The van der Waals surface area contributed by atoms with Crippen LogP contribution in [-0.2, 0) is 32.2 Å². The highest BCUT2D eigenvalue weighted by Crippen LogP contribution is 2.36. The third kappa shape index (κ3) is 4.97. The SMILES string of the molecule is COC(=O)Cc1ccc(Nc2nc(N3CC(c4ccc(Cl)cc4)C3)nc3c2S(=O)(=O)CCC3)cc1. The first kappa shape index (κ1) is 23.6. The van der Waals surface area contributed by atoms with Crippen molar-refractivity contribution in [2.75, 3.05) is 36.2 Å². The predicted molar refractivity (Wildman–Crippen MR) is 134 cm³/mol. The Morgan fingerprint density at radius 1 is 1.11 bits per heavy atom. The number of hydrogen-bond acceptors (Lipinski definition) is 8. The zero-order valence-corrected chi connectivity index (χ0v) is 20.8. The molecule has 2 aromatic carbocycles. The quantitative estimate of drug-likeness (QED) is 0.496. The molecule has 0 saturated carbocycles. The van der Waals surface area contributed by atoms with Crippen molar-refractivity contribution in [3.63, 3.8) is 0 Å². The van der Waals surface area contributed by atoms with Crippen molar-refractivity contribution >= 4 is 44.9 Å². The van der Waals surface area contributed by atoms with Gasteiger partial charge >= 0.3 is 5.97 Å². The summed E-state index contributed by atoms with van der Waals surface area (Å²) in [6.07, 6.45) is 1.30. The molecular weight excluding hydrogens is 488 g/mol. The van der Waals surface area contributed by atoms with Gasteiger partial charge < -0.3 is 15.0 Å². The van der Waals surface area contributed by atoms with Crippen molar-refractivity contribution in [3.05, 3.63) is 70.4 Å². The van der Waals surface area contributed by atoms with Crippen molar-refractivity contribution in [1.82, 2.24) is 9.97 Å². The summed E-state index contributed by atoms with van der Waals surface area (Å²) in [5.74, 6) is 0.918. The molecule has 1 aromatic heterocycles. The fourth-order valence-electron chi connectivity index (χ4n) is 4.41. The van der Waals surface area contributed by atoms with Gasteiger partial charge in [0.05, 0.1) is 25.0 Å². The lowest BCUT2D eigenvalue weighted by Gasteiger charge is -2.40. The summed E-state index contributed by atoms with van der Waals surface area (Å²) in [5, 5.41) is 3.89. The van der Waals surface area contributed by atoms with Gasteiger partial charge in [-0.25, -0.2) is 13.4 Å². The minimum absolute atomic E-state index is 0.0812. The van der Waals surface area contributed by atoms with E-state index in [1.807, 2.05) is 24.3 Å². The molecule has 2 aliphatic rings. The van der Waals surface area contributed by atoms with Gasteiger partial charge in [0.1, 0.15) is 4.90 Å². The number of aromatic nitrogens is 2. The molecule has 0 atom stereocenters. The predicted octanol–water partition coefficient (Wildman–Crippen LogP) is 3.91. The van der Waals surface area contributed by atoms with Crippen molar-refractivity contribution in [3.8, 4) is 0 Å². The maximum absolute atomic E-state index is 12.9. The average Bonchev–Trinajstić information content (AvgIpc) is 2.80. The number of aryl methyl sites for hydroxylation is 1. The number of nitrogens with one attached hydrogen (secondary N) is 1. The number of benzene rings is 2. The number of carbonyl (C=O) groups is 1. The first-order valence-corrected chi connectivity index (χ1v) is 13.4. The number of sulfone groups is 1. The number of esters is 1. The number of carbonyl (C=O) groups excluding carboxylic acids is 1. The number of nitrogens with zero attached hydrogens (tertiary/aromatic N) is 3. The number of hydrogen-bond donors (Lipinski definition) is 1. The molecule has 0 amide bonds. The second-order valence-corrected chi connectivity index (χ2v) is 11.3. The minimum Gasteiger partial charge on any atom is -0.469 e. The first-order valence-electron chi connectivity index (χ1n) is 11.4. The van der Waals surface area contributed by atoms with Crippen molar-refractivity contribution < 1.29 is 17.9 Å². The van der Waals surface area contributed by atoms with Crippen molar-refractivity contribution in [2.45, 2.75) is 30.1 Å². The van der Waals surface area contributed by atoms with Gasteiger partial charge in [0.15, 0.2) is 15.7 Å². The van der Waals surface area contributed by atoms with Gasteiger partial charge in [0.2, 0.25) is 5.95 Å². The highest BCUT2D eigenvalue weighted by atomic mass is 35.5. The van der Waals surface area contributed by atoms with Crippen LogP contribution in [0.25, 0.3) is 0 Å². The van der Waals surface area contributed by atoms with Crippen LogP contribution in [0, 0.1) is 0 Å². The maximum atomic E-state index is 12.9. The summed E-state index contributed by atoms with van der Waals surface area (Å²) in [6.45, 7) is 1.49. The van der Waals surface area contributed by atoms with Crippen LogP contribution in [-0.4, -0.2) is 50.3 Å². The van der Waals surface area contributed by atoms with Gasteiger partial charge in [-0.2, -0.15) is 4.98 Å². The molecule has 0 radical (unpaired) electrons. The highest BCUT2D eigenvalue weighted by Gasteiger charge is 2.34. The minimum atomic E-state index is -3.49. The smallest absolute Gasteiger partial charge is 0.309 e. The molecule has 182 valence electrons. The lowest BCUT2D eigenvalue weighted by molar-refractivity contribution is -0.139. The Balaban J connectivity index is 1.41. The van der Waals surface area contributed by atoms with Gasteiger partial charge in [0, 0.05) is 29.7 Å². The molecule has 0 unspecified atom stereocenters. The number of methoxy groups -OCH3 is 1. The number of ether oxygens (including phenoxy) is 1. The van der Waals surface area contributed by atoms with Crippen LogP contribution < -0.4 is 10.2 Å². The standard InChI is InChI=1S/C25H25ClN4O4S/c1-34-22(31)13-16-4-10-20(11-5-16)27-24-23-21(3-2-12-35(23,32)33)28-25(29-24)30-14-18(15-30)17-6-8-19(26)9-7-17/h4-11,18H,2-3,12-15H2,1H3,(H,27,28,29). The lowest BCUT2D eigenvalue weighted by atomic mass is 9.92. The molecule has 1 saturated heterocycles. The molecular formula is C25H25ClN4O4S. The van der Waals surface area contributed by atoms with E-state index < -0.39 is 9.84 Å². The zero-order chi connectivity index (χ0) is 24.6. The Labute approximate surface area is 209 Å². The average molecular weight is 513 g/mol. The second-order valence-electron chi connectivity index (χ2n) is 8.80. The Morgan fingerprint density at radius 3 is 2.51 bits per heavy atom. The summed E-state index contributed by atoms with van der Waals surface area (Å²) in [7, 11) is -2.14. The van der Waals surface area contributed by atoms with E-state index in [1.54, 1.807) is 24.3 Å². The summed E-state index contributed by atoms with van der Waals surface area (Å²) < 4.78 is 30.6. The fraction of sp³-hybridized carbons (Fsp3) is 0.320. The van der Waals surface area contributed by atoms with Crippen LogP contribution in [0.1, 0.15) is 29.2 Å². The van der Waals surface area contributed by atoms with Gasteiger partial charge in [0.25, 0.3) is 0 Å². The van der Waals surface area contributed by atoms with Crippen LogP contribution in [0.4, 0.5) is 17.5 Å². The first-order chi connectivity index (χ1) is 16.8. The van der Waals surface area contributed by atoms with E-state index in [0.29, 0.717) is 46.9 Å². The van der Waals surface area contributed by atoms with Crippen LogP contribution >= 0.6 is 11.6 Å². The largest absolute Gasteiger partial charge is 0.469 e. The molecule has 35 heavy (non-hydrogen) atoms. The van der Waals surface area contributed by atoms with Crippen LogP contribution in [0.3, 0.4) is 0 Å². The van der Waals surface area contributed by atoms with Crippen molar-refractivity contribution in [1.29, 1.82) is 0 Å². The number of anilines is 3. The summed E-state index contributed by atoms with van der Waals surface area (Å²) >= 11 is 6.01. The maximum Gasteiger partial charge on any atom is 0.309 e.